The van der Waals surface area contributed by atoms with Gasteiger partial charge < -0.3 is 5.32 Å². The van der Waals surface area contributed by atoms with Crippen LogP contribution in [-0.4, -0.2) is 27.1 Å². The third kappa shape index (κ3) is 5.80. The van der Waals surface area contributed by atoms with Crippen molar-refractivity contribution in [2.24, 2.45) is 0 Å². The van der Waals surface area contributed by atoms with E-state index in [0.717, 1.165) is 27.6 Å². The van der Waals surface area contributed by atoms with Crippen molar-refractivity contribution >= 4 is 43.0 Å². The summed E-state index contributed by atoms with van der Waals surface area (Å²) >= 11 is 1.41. The van der Waals surface area contributed by atoms with Crippen molar-refractivity contribution in [3.05, 3.63) is 100 Å². The minimum absolute atomic E-state index is 0.117. The van der Waals surface area contributed by atoms with E-state index < -0.39 is 10.0 Å². The fraction of sp³-hybridized carbons (Fsp3) is 0.192. The van der Waals surface area contributed by atoms with E-state index >= 15 is 0 Å². The molecule has 0 saturated heterocycles. The lowest BCUT2D eigenvalue weighted by Gasteiger charge is -2.22. The van der Waals surface area contributed by atoms with E-state index in [-0.39, 0.29) is 12.5 Å². The van der Waals surface area contributed by atoms with Gasteiger partial charge in [-0.3, -0.25) is 9.10 Å². The predicted octanol–water partition coefficient (Wildman–Crippen LogP) is 5.15. The van der Waals surface area contributed by atoms with Crippen molar-refractivity contribution < 1.29 is 13.2 Å². The highest BCUT2D eigenvalue weighted by Gasteiger charge is 2.19. The molecule has 4 aromatic rings. The van der Waals surface area contributed by atoms with Gasteiger partial charge in [0.05, 0.1) is 23.4 Å². The molecule has 3 aromatic carbocycles. The van der Waals surface area contributed by atoms with Crippen LogP contribution < -0.4 is 9.62 Å². The van der Waals surface area contributed by atoms with Crippen molar-refractivity contribution in [3.8, 4) is 0 Å². The molecule has 0 aliphatic heterocycles. The smallest absolute Gasteiger partial charge is 0.261 e. The Kier molecular flexibility index (Phi) is 6.81. The molecule has 170 valence electrons. The van der Waals surface area contributed by atoms with Gasteiger partial charge in [0.25, 0.3) is 5.91 Å². The topological polar surface area (TPSA) is 66.5 Å². The molecule has 0 aliphatic carbocycles. The van der Waals surface area contributed by atoms with E-state index in [2.05, 4.69) is 5.32 Å². The number of anilines is 1. The molecule has 0 bridgehead atoms. The van der Waals surface area contributed by atoms with Gasteiger partial charge in [-0.1, -0.05) is 60.2 Å². The first-order valence-electron chi connectivity index (χ1n) is 10.7. The van der Waals surface area contributed by atoms with E-state index in [1.165, 1.54) is 27.5 Å². The Morgan fingerprint density at radius 2 is 1.67 bits per heavy atom. The molecule has 0 spiro atoms. The summed E-state index contributed by atoms with van der Waals surface area (Å²) in [5.74, 6) is -0.117. The number of fused-ring (bicyclic) bond motifs is 1. The first-order chi connectivity index (χ1) is 15.8. The monoisotopic (exact) mass is 478 g/mol. The van der Waals surface area contributed by atoms with Crippen molar-refractivity contribution in [1.82, 2.24) is 5.32 Å². The summed E-state index contributed by atoms with van der Waals surface area (Å²) < 4.78 is 27.4. The van der Waals surface area contributed by atoms with E-state index in [4.69, 9.17) is 0 Å². The fourth-order valence-electron chi connectivity index (χ4n) is 3.61. The summed E-state index contributed by atoms with van der Waals surface area (Å²) in [7, 11) is -3.49. The lowest BCUT2D eigenvalue weighted by Crippen LogP contribution is -2.29. The van der Waals surface area contributed by atoms with Crippen molar-refractivity contribution in [2.45, 2.75) is 19.9 Å². The molecule has 33 heavy (non-hydrogen) atoms. The summed E-state index contributed by atoms with van der Waals surface area (Å²) in [5.41, 5.74) is 3.79. The molecule has 0 aliphatic rings. The molecule has 0 fully saturated rings. The van der Waals surface area contributed by atoms with Crippen LogP contribution >= 0.6 is 11.3 Å². The first-order valence-corrected chi connectivity index (χ1v) is 13.3. The highest BCUT2D eigenvalue weighted by molar-refractivity contribution is 7.92. The van der Waals surface area contributed by atoms with Crippen molar-refractivity contribution in [2.75, 3.05) is 17.1 Å². The number of nitrogens with zero attached hydrogens (tertiary/aromatic N) is 1. The quantitative estimate of drug-likeness (QED) is 0.381. The maximum Gasteiger partial charge on any atom is 0.261 e. The highest BCUT2D eigenvalue weighted by Crippen LogP contribution is 2.31. The molecule has 4 rings (SSSR count). The number of hydrogen-bond donors (Lipinski definition) is 1. The molecule has 7 heteroatoms. The van der Waals surface area contributed by atoms with Gasteiger partial charge in [-0.25, -0.2) is 8.42 Å². The lowest BCUT2D eigenvalue weighted by molar-refractivity contribution is 0.0958. The third-order valence-electron chi connectivity index (χ3n) is 5.40. The second kappa shape index (κ2) is 9.77. The van der Waals surface area contributed by atoms with Crippen LogP contribution in [0.3, 0.4) is 0 Å². The van der Waals surface area contributed by atoms with Crippen LogP contribution in [0.5, 0.6) is 0 Å². The number of amides is 1. The molecule has 1 heterocycles. The molecular weight excluding hydrogens is 452 g/mol. The Balaban J connectivity index is 1.51. The average Bonchev–Trinajstić information content (AvgIpc) is 3.22. The predicted molar refractivity (Wildman–Crippen MR) is 137 cm³/mol. The second-order valence-electron chi connectivity index (χ2n) is 8.08. The number of rotatable bonds is 8. The average molecular weight is 479 g/mol. The number of aryl methyl sites for hydroxylation is 1. The second-order valence-corrected chi connectivity index (χ2v) is 11.1. The summed E-state index contributed by atoms with van der Waals surface area (Å²) in [5, 5.41) is 3.82. The standard InChI is InChI=1S/C26H26N2O3S2/c1-19-8-10-21(11-9-19)18-28(33(2,30)31)23-12-13-24-22(16-23)17-25(32-24)26(29)27-15-14-20-6-4-3-5-7-20/h3-13,16-17H,14-15,18H2,1-2H3,(H,27,29). The Morgan fingerprint density at radius 1 is 0.939 bits per heavy atom. The Labute approximate surface area is 198 Å². The van der Waals surface area contributed by atoms with Crippen LogP contribution in [0.2, 0.25) is 0 Å². The van der Waals surface area contributed by atoms with Crippen LogP contribution in [0.15, 0.2) is 78.9 Å². The molecule has 0 saturated carbocycles. The number of nitrogens with one attached hydrogen (secondary N) is 1. The van der Waals surface area contributed by atoms with Crippen LogP contribution in [0.25, 0.3) is 10.1 Å². The Bertz CT molecular complexity index is 1360. The SMILES string of the molecule is Cc1ccc(CN(c2ccc3sc(C(=O)NCCc4ccccc4)cc3c2)S(C)(=O)=O)cc1. The normalized spacial score (nSPS) is 11.5. The van der Waals surface area contributed by atoms with Gasteiger partial charge in [0.1, 0.15) is 0 Å². The fourth-order valence-corrected chi connectivity index (χ4v) is 5.45. The number of carbonyl (C=O) groups is 1. The van der Waals surface area contributed by atoms with Crippen LogP contribution in [0.1, 0.15) is 26.4 Å². The number of carbonyl (C=O) groups excluding carboxylic acids is 1. The van der Waals surface area contributed by atoms with E-state index in [1.54, 1.807) is 6.07 Å². The summed E-state index contributed by atoms with van der Waals surface area (Å²) in [6, 6.07) is 25.2. The van der Waals surface area contributed by atoms with Gasteiger partial charge in [0, 0.05) is 11.2 Å². The molecule has 1 N–H and O–H groups in total. The zero-order valence-corrected chi connectivity index (χ0v) is 20.2. The van der Waals surface area contributed by atoms with E-state index in [9.17, 15) is 13.2 Å². The van der Waals surface area contributed by atoms with Crippen LogP contribution in [0.4, 0.5) is 5.69 Å². The van der Waals surface area contributed by atoms with Gasteiger partial charge >= 0.3 is 0 Å². The molecule has 0 atom stereocenters. The van der Waals surface area contributed by atoms with Crippen molar-refractivity contribution in [3.63, 3.8) is 0 Å². The van der Waals surface area contributed by atoms with Crippen LogP contribution in [0, 0.1) is 6.92 Å². The molecule has 0 unspecified atom stereocenters. The summed E-state index contributed by atoms with van der Waals surface area (Å²) in [6.45, 7) is 2.81. The largest absolute Gasteiger partial charge is 0.351 e. The summed E-state index contributed by atoms with van der Waals surface area (Å²) in [6.07, 6.45) is 1.98. The van der Waals surface area contributed by atoms with E-state index in [1.807, 2.05) is 79.7 Å². The number of benzene rings is 3. The third-order valence-corrected chi connectivity index (χ3v) is 7.66. The van der Waals surface area contributed by atoms with E-state index in [0.29, 0.717) is 17.1 Å². The molecule has 5 nitrogen and oxygen atoms in total. The molecule has 1 aromatic heterocycles. The Morgan fingerprint density at radius 3 is 2.36 bits per heavy atom. The Hall–Kier alpha value is -3.16. The van der Waals surface area contributed by atoms with Gasteiger partial charge in [-0.15, -0.1) is 11.3 Å². The zero-order chi connectivity index (χ0) is 23.4. The maximum atomic E-state index is 12.6. The number of sulfonamides is 1. The molecule has 1 amide bonds. The minimum atomic E-state index is -3.49. The highest BCUT2D eigenvalue weighted by atomic mass is 32.2. The molecular formula is C26H26N2O3S2. The van der Waals surface area contributed by atoms with Gasteiger partial charge in [0.15, 0.2) is 0 Å². The van der Waals surface area contributed by atoms with Gasteiger partial charge in [-0.05, 0) is 54.1 Å². The molecule has 0 radical (unpaired) electrons. The first kappa shape index (κ1) is 23.0. The zero-order valence-electron chi connectivity index (χ0n) is 18.6. The number of hydrogen-bond acceptors (Lipinski definition) is 4. The summed E-state index contributed by atoms with van der Waals surface area (Å²) in [4.78, 5) is 13.3. The van der Waals surface area contributed by atoms with Gasteiger partial charge in [-0.2, -0.15) is 0 Å². The minimum Gasteiger partial charge on any atom is -0.351 e. The lowest BCUT2D eigenvalue weighted by atomic mass is 10.1. The van der Waals surface area contributed by atoms with Crippen LogP contribution in [-0.2, 0) is 23.0 Å². The number of thiophene rings is 1. The maximum absolute atomic E-state index is 12.6. The van der Waals surface area contributed by atoms with Crippen molar-refractivity contribution in [1.29, 1.82) is 0 Å². The van der Waals surface area contributed by atoms with Gasteiger partial charge in [0.2, 0.25) is 10.0 Å².